The topological polar surface area (TPSA) is 84.2 Å². The van der Waals surface area contributed by atoms with Crippen molar-refractivity contribution in [3.8, 4) is 5.75 Å². The number of hydrogen-bond acceptors (Lipinski definition) is 8. The summed E-state index contributed by atoms with van der Waals surface area (Å²) in [6, 6.07) is 0. The van der Waals surface area contributed by atoms with Crippen LogP contribution in [0.15, 0.2) is 35.0 Å². The molecule has 23 heavy (non-hydrogen) atoms. The number of ether oxygens (including phenoxy) is 2. The second-order valence-corrected chi connectivity index (χ2v) is 4.97. The SMILES string of the molecule is C=CCCOC1=NC(c2nc(Cl)ncc2OC)=CN2NC=NC12. The van der Waals surface area contributed by atoms with Gasteiger partial charge in [-0.2, -0.15) is 0 Å². The Balaban J connectivity index is 1.95. The second kappa shape index (κ2) is 6.66. The summed E-state index contributed by atoms with van der Waals surface area (Å²) in [6.07, 6.45) is 7.00. The van der Waals surface area contributed by atoms with Crippen LogP contribution in [0, 0.1) is 0 Å². The number of hydrogen-bond donors (Lipinski definition) is 1. The van der Waals surface area contributed by atoms with Crippen molar-refractivity contribution in [2.24, 2.45) is 9.98 Å². The number of hydrazine groups is 1. The smallest absolute Gasteiger partial charge is 0.237 e. The van der Waals surface area contributed by atoms with Gasteiger partial charge >= 0.3 is 0 Å². The fourth-order valence-corrected chi connectivity index (χ4v) is 2.22. The maximum absolute atomic E-state index is 5.89. The molecular formula is C14H15ClN6O2. The van der Waals surface area contributed by atoms with Crippen LogP contribution in [0.2, 0.25) is 5.28 Å². The summed E-state index contributed by atoms with van der Waals surface area (Å²) in [6.45, 7) is 4.14. The van der Waals surface area contributed by atoms with Gasteiger partial charge in [0.2, 0.25) is 17.3 Å². The highest BCUT2D eigenvalue weighted by atomic mass is 35.5. The van der Waals surface area contributed by atoms with Crippen molar-refractivity contribution >= 4 is 29.5 Å². The van der Waals surface area contributed by atoms with E-state index in [-0.39, 0.29) is 11.4 Å². The summed E-state index contributed by atoms with van der Waals surface area (Å²) in [5, 5.41) is 1.87. The van der Waals surface area contributed by atoms with Crippen molar-refractivity contribution in [2.45, 2.75) is 12.6 Å². The van der Waals surface area contributed by atoms with Crippen molar-refractivity contribution in [3.05, 3.63) is 36.0 Å². The van der Waals surface area contributed by atoms with E-state index >= 15 is 0 Å². The van der Waals surface area contributed by atoms with Gasteiger partial charge in [-0.3, -0.25) is 10.4 Å². The molecule has 0 aromatic carbocycles. The summed E-state index contributed by atoms with van der Waals surface area (Å²) in [5.74, 6) is 0.927. The molecule has 1 unspecified atom stereocenters. The maximum atomic E-state index is 5.89. The van der Waals surface area contributed by atoms with Crippen LogP contribution in [0.4, 0.5) is 0 Å². The quantitative estimate of drug-likeness (QED) is 0.500. The average Bonchev–Trinajstić information content (AvgIpc) is 3.03. The van der Waals surface area contributed by atoms with Crippen molar-refractivity contribution in [1.29, 1.82) is 0 Å². The van der Waals surface area contributed by atoms with Crippen LogP contribution in [0.1, 0.15) is 12.1 Å². The Kier molecular flexibility index (Phi) is 4.42. The third-order valence-corrected chi connectivity index (χ3v) is 3.34. The molecule has 3 rings (SSSR count). The summed E-state index contributed by atoms with van der Waals surface area (Å²) in [5.41, 5.74) is 4.01. The van der Waals surface area contributed by atoms with Crippen molar-refractivity contribution in [3.63, 3.8) is 0 Å². The van der Waals surface area contributed by atoms with E-state index in [4.69, 9.17) is 21.1 Å². The molecule has 0 radical (unpaired) electrons. The van der Waals surface area contributed by atoms with Gasteiger partial charge in [-0.1, -0.05) is 6.08 Å². The maximum Gasteiger partial charge on any atom is 0.237 e. The minimum absolute atomic E-state index is 0.110. The Labute approximate surface area is 138 Å². The molecule has 0 fully saturated rings. The first-order valence-corrected chi connectivity index (χ1v) is 7.28. The molecule has 3 heterocycles. The second-order valence-electron chi connectivity index (χ2n) is 4.63. The third kappa shape index (κ3) is 3.11. The van der Waals surface area contributed by atoms with Gasteiger partial charge in [0.25, 0.3) is 0 Å². The van der Waals surface area contributed by atoms with E-state index in [1.54, 1.807) is 23.6 Å². The van der Waals surface area contributed by atoms with Crippen molar-refractivity contribution < 1.29 is 9.47 Å². The normalized spacial score (nSPS) is 18.7. The molecule has 1 aromatic rings. The number of aromatic nitrogens is 2. The first-order chi connectivity index (χ1) is 11.2. The van der Waals surface area contributed by atoms with Crippen LogP contribution in [-0.4, -0.2) is 47.1 Å². The molecule has 2 aliphatic rings. The summed E-state index contributed by atoms with van der Waals surface area (Å²) < 4.78 is 11.0. The zero-order chi connectivity index (χ0) is 16.2. The van der Waals surface area contributed by atoms with E-state index in [2.05, 4.69) is 32.0 Å². The monoisotopic (exact) mass is 334 g/mol. The van der Waals surface area contributed by atoms with E-state index in [1.807, 2.05) is 0 Å². The van der Waals surface area contributed by atoms with Crippen LogP contribution in [-0.2, 0) is 4.74 Å². The molecule has 9 heteroatoms. The summed E-state index contributed by atoms with van der Waals surface area (Å²) in [7, 11) is 1.53. The number of rotatable bonds is 5. The first kappa shape index (κ1) is 15.3. The minimum Gasteiger partial charge on any atom is -0.493 e. The molecule has 2 aliphatic heterocycles. The molecule has 0 saturated heterocycles. The number of methoxy groups -OCH3 is 1. The summed E-state index contributed by atoms with van der Waals surface area (Å²) >= 11 is 5.89. The molecule has 8 nitrogen and oxygen atoms in total. The molecule has 0 aliphatic carbocycles. The Bertz CT molecular complexity index is 703. The van der Waals surface area contributed by atoms with Crippen LogP contribution in [0.5, 0.6) is 5.75 Å². The molecule has 1 N–H and O–H groups in total. The average molecular weight is 335 g/mol. The van der Waals surface area contributed by atoms with Crippen LogP contribution >= 0.6 is 11.6 Å². The predicted molar refractivity (Wildman–Crippen MR) is 87.0 cm³/mol. The van der Waals surface area contributed by atoms with E-state index in [1.165, 1.54) is 13.3 Å². The molecule has 0 saturated carbocycles. The predicted octanol–water partition coefficient (Wildman–Crippen LogP) is 1.62. The highest BCUT2D eigenvalue weighted by Crippen LogP contribution is 2.29. The van der Waals surface area contributed by atoms with Gasteiger partial charge in [-0.05, 0) is 18.0 Å². The van der Waals surface area contributed by atoms with Gasteiger partial charge < -0.3 is 9.47 Å². The highest BCUT2D eigenvalue weighted by Gasteiger charge is 2.31. The van der Waals surface area contributed by atoms with Crippen LogP contribution < -0.4 is 10.2 Å². The van der Waals surface area contributed by atoms with Crippen molar-refractivity contribution in [1.82, 2.24) is 20.4 Å². The lowest BCUT2D eigenvalue weighted by atomic mass is 10.2. The van der Waals surface area contributed by atoms with Gasteiger partial charge in [0, 0.05) is 0 Å². The lowest BCUT2D eigenvalue weighted by molar-refractivity contribution is 0.243. The Hall–Kier alpha value is -2.61. The van der Waals surface area contributed by atoms with E-state index in [0.717, 1.165) is 0 Å². The van der Waals surface area contributed by atoms with Gasteiger partial charge in [0.15, 0.2) is 5.75 Å². The zero-order valence-corrected chi connectivity index (χ0v) is 13.2. The highest BCUT2D eigenvalue weighted by molar-refractivity contribution is 6.28. The van der Waals surface area contributed by atoms with E-state index < -0.39 is 0 Å². The molecule has 0 spiro atoms. The van der Waals surface area contributed by atoms with Gasteiger partial charge in [-0.15, -0.1) is 6.58 Å². The van der Waals surface area contributed by atoms with Gasteiger partial charge in [-0.25, -0.2) is 20.0 Å². The molecule has 1 aromatic heterocycles. The number of aliphatic imine (C=N–C) groups is 2. The fraction of sp³-hybridized carbons (Fsp3) is 0.286. The van der Waals surface area contributed by atoms with Gasteiger partial charge in [0.05, 0.1) is 26.1 Å². The van der Waals surface area contributed by atoms with Crippen LogP contribution in [0.25, 0.3) is 5.70 Å². The Morgan fingerprint density at radius 2 is 2.39 bits per heavy atom. The number of nitrogens with zero attached hydrogens (tertiary/aromatic N) is 5. The standard InChI is InChI=1S/C14H15ClN6O2/c1-3-4-5-23-13-12-17-8-18-21(12)7-9(19-13)11-10(22-2)6-16-14(15)20-11/h3,6-8,12H,1,4-5H2,2H3,(H,17,18). The number of fused-ring (bicyclic) bond motifs is 1. The summed E-state index contributed by atoms with van der Waals surface area (Å²) in [4.78, 5) is 16.9. The van der Waals surface area contributed by atoms with E-state index in [9.17, 15) is 0 Å². The molecule has 0 amide bonds. The van der Waals surface area contributed by atoms with Gasteiger partial charge in [0.1, 0.15) is 17.7 Å². The largest absolute Gasteiger partial charge is 0.493 e. The zero-order valence-electron chi connectivity index (χ0n) is 12.4. The molecule has 120 valence electrons. The van der Waals surface area contributed by atoms with E-state index in [0.29, 0.717) is 36.1 Å². The Morgan fingerprint density at radius 3 is 3.17 bits per heavy atom. The lowest BCUT2D eigenvalue weighted by Gasteiger charge is -2.26. The number of halogens is 1. The molecule has 0 bridgehead atoms. The van der Waals surface area contributed by atoms with Crippen LogP contribution in [0.3, 0.4) is 0 Å². The minimum atomic E-state index is -0.341. The molecule has 1 atom stereocenters. The first-order valence-electron chi connectivity index (χ1n) is 6.90. The third-order valence-electron chi connectivity index (χ3n) is 3.16. The molecular weight excluding hydrogens is 320 g/mol. The Morgan fingerprint density at radius 1 is 1.52 bits per heavy atom. The van der Waals surface area contributed by atoms with Crippen molar-refractivity contribution in [2.75, 3.05) is 13.7 Å². The fourth-order valence-electron chi connectivity index (χ4n) is 2.09. The number of nitrogens with one attached hydrogen (secondary N) is 1. The lowest BCUT2D eigenvalue weighted by Crippen LogP contribution is -2.42.